The highest BCUT2D eigenvalue weighted by molar-refractivity contribution is 5.78. The predicted octanol–water partition coefficient (Wildman–Crippen LogP) is 2.38. The van der Waals surface area contributed by atoms with Crippen LogP contribution >= 0.6 is 0 Å². The molecule has 0 saturated heterocycles. The van der Waals surface area contributed by atoms with E-state index in [1.54, 1.807) is 0 Å². The van der Waals surface area contributed by atoms with Gasteiger partial charge < -0.3 is 21.5 Å². The molecular weight excluding hydrogens is 326 g/mol. The summed E-state index contributed by atoms with van der Waals surface area (Å²) in [7, 11) is 0. The quantitative estimate of drug-likeness (QED) is 0.540. The molecule has 0 aromatic heterocycles. The lowest BCUT2D eigenvalue weighted by Crippen LogP contribution is -2.30. The molecule has 5 heteroatoms. The number of carbonyl (C=O) groups is 1. The molecule has 2 aromatic rings. The molecule has 0 radical (unpaired) electrons. The zero-order chi connectivity index (χ0) is 18.6. The Morgan fingerprint density at radius 1 is 1.00 bits per heavy atom. The van der Waals surface area contributed by atoms with Crippen LogP contribution < -0.4 is 21.5 Å². The summed E-state index contributed by atoms with van der Waals surface area (Å²) in [4.78, 5) is 12.0. The van der Waals surface area contributed by atoms with Crippen molar-refractivity contribution >= 4 is 5.91 Å². The lowest BCUT2D eigenvalue weighted by molar-refractivity contribution is -0.120. The predicted molar refractivity (Wildman–Crippen MR) is 105 cm³/mol. The maximum Gasteiger partial charge on any atom is 0.224 e. The van der Waals surface area contributed by atoms with Crippen LogP contribution in [0.1, 0.15) is 30.4 Å². The molecule has 0 heterocycles. The highest BCUT2D eigenvalue weighted by Gasteiger charge is 2.04. The average Bonchev–Trinajstić information content (AvgIpc) is 2.67. The van der Waals surface area contributed by atoms with E-state index < -0.39 is 0 Å². The van der Waals surface area contributed by atoms with Crippen LogP contribution in [0.15, 0.2) is 54.6 Å². The fraction of sp³-hybridized carbons (Fsp3) is 0.381. The van der Waals surface area contributed by atoms with Crippen LogP contribution in [0.3, 0.4) is 0 Å². The van der Waals surface area contributed by atoms with Crippen molar-refractivity contribution in [3.05, 3.63) is 65.7 Å². The number of carbonyl (C=O) groups excluding carboxylic acids is 1. The Morgan fingerprint density at radius 2 is 1.73 bits per heavy atom. The van der Waals surface area contributed by atoms with E-state index in [1.165, 1.54) is 0 Å². The number of unbranched alkanes of at least 4 members (excludes halogenated alkanes) is 1. The van der Waals surface area contributed by atoms with Crippen molar-refractivity contribution in [3.8, 4) is 5.75 Å². The van der Waals surface area contributed by atoms with Crippen molar-refractivity contribution < 1.29 is 9.53 Å². The van der Waals surface area contributed by atoms with E-state index >= 15 is 0 Å². The molecule has 5 nitrogen and oxygen atoms in total. The number of amides is 1. The summed E-state index contributed by atoms with van der Waals surface area (Å²) < 4.78 is 5.75. The second kappa shape index (κ2) is 11.3. The van der Waals surface area contributed by atoms with Gasteiger partial charge in [-0.2, -0.15) is 0 Å². The molecule has 26 heavy (non-hydrogen) atoms. The third-order valence-corrected chi connectivity index (χ3v) is 4.16. The molecular formula is C21H29N3O2. The van der Waals surface area contributed by atoms with Crippen LogP contribution in [-0.4, -0.2) is 25.0 Å². The first kappa shape index (κ1) is 19.9. The topological polar surface area (TPSA) is 90.4 Å². The van der Waals surface area contributed by atoms with Crippen LogP contribution in [0.2, 0.25) is 0 Å². The van der Waals surface area contributed by atoms with Crippen LogP contribution in [-0.2, 0) is 17.8 Å². The fourth-order valence-corrected chi connectivity index (χ4v) is 2.57. The molecule has 5 N–H and O–H groups in total. The number of rotatable bonds is 11. The first-order valence-corrected chi connectivity index (χ1v) is 9.15. The van der Waals surface area contributed by atoms with Gasteiger partial charge in [0, 0.05) is 19.1 Å². The molecule has 0 spiro atoms. The fourth-order valence-electron chi connectivity index (χ4n) is 2.57. The van der Waals surface area contributed by atoms with Gasteiger partial charge in [0.1, 0.15) is 12.4 Å². The van der Waals surface area contributed by atoms with Crippen LogP contribution in [0.4, 0.5) is 0 Å². The highest BCUT2D eigenvalue weighted by atomic mass is 16.5. The van der Waals surface area contributed by atoms with Gasteiger partial charge in [0.25, 0.3) is 0 Å². The summed E-state index contributed by atoms with van der Waals surface area (Å²) in [6.07, 6.45) is 3.18. The Labute approximate surface area is 155 Å². The first-order chi connectivity index (χ1) is 12.7. The molecule has 140 valence electrons. The van der Waals surface area contributed by atoms with Gasteiger partial charge in [-0.3, -0.25) is 4.79 Å². The van der Waals surface area contributed by atoms with Gasteiger partial charge in [-0.05, 0) is 36.1 Å². The molecule has 0 aliphatic carbocycles. The molecule has 2 rings (SSSR count). The summed E-state index contributed by atoms with van der Waals surface area (Å²) in [6.45, 7) is 1.72. The van der Waals surface area contributed by atoms with Gasteiger partial charge in [0.05, 0.1) is 6.42 Å². The van der Waals surface area contributed by atoms with Crippen LogP contribution in [0.25, 0.3) is 0 Å². The van der Waals surface area contributed by atoms with E-state index in [-0.39, 0.29) is 11.9 Å². The molecule has 1 atom stereocenters. The Morgan fingerprint density at radius 3 is 2.42 bits per heavy atom. The normalized spacial score (nSPS) is 11.8. The lowest BCUT2D eigenvalue weighted by Gasteiger charge is -2.09. The van der Waals surface area contributed by atoms with Gasteiger partial charge in [-0.25, -0.2) is 0 Å². The van der Waals surface area contributed by atoms with E-state index in [0.717, 1.165) is 36.1 Å². The molecule has 0 saturated carbocycles. The smallest absolute Gasteiger partial charge is 0.224 e. The highest BCUT2D eigenvalue weighted by Crippen LogP contribution is 2.14. The van der Waals surface area contributed by atoms with Gasteiger partial charge in [-0.1, -0.05) is 48.9 Å². The Balaban J connectivity index is 1.65. The number of hydrogen-bond acceptors (Lipinski definition) is 4. The van der Waals surface area contributed by atoms with Crippen molar-refractivity contribution in [2.45, 2.75) is 38.3 Å². The minimum Gasteiger partial charge on any atom is -0.489 e. The van der Waals surface area contributed by atoms with Gasteiger partial charge >= 0.3 is 0 Å². The zero-order valence-corrected chi connectivity index (χ0v) is 15.2. The lowest BCUT2D eigenvalue weighted by atomic mass is 10.1. The van der Waals surface area contributed by atoms with Gasteiger partial charge in [-0.15, -0.1) is 0 Å². The minimum absolute atomic E-state index is 0.0334. The zero-order valence-electron chi connectivity index (χ0n) is 15.2. The number of benzene rings is 2. The largest absolute Gasteiger partial charge is 0.489 e. The maximum atomic E-state index is 12.0. The summed E-state index contributed by atoms with van der Waals surface area (Å²) >= 11 is 0. The van der Waals surface area contributed by atoms with Crippen molar-refractivity contribution in [1.29, 1.82) is 0 Å². The molecule has 2 aromatic carbocycles. The molecule has 0 aliphatic heterocycles. The summed E-state index contributed by atoms with van der Waals surface area (Å²) in [6, 6.07) is 17.8. The molecule has 0 unspecified atom stereocenters. The van der Waals surface area contributed by atoms with E-state index in [9.17, 15) is 4.79 Å². The second-order valence-corrected chi connectivity index (χ2v) is 6.44. The minimum atomic E-state index is 0.0334. The van der Waals surface area contributed by atoms with E-state index in [4.69, 9.17) is 16.2 Å². The van der Waals surface area contributed by atoms with E-state index in [0.29, 0.717) is 26.1 Å². The van der Waals surface area contributed by atoms with Crippen LogP contribution in [0.5, 0.6) is 5.75 Å². The number of nitrogens with one attached hydrogen (secondary N) is 1. The third kappa shape index (κ3) is 7.68. The molecule has 0 bridgehead atoms. The summed E-state index contributed by atoms with van der Waals surface area (Å²) in [5, 5.41) is 2.94. The molecule has 0 fully saturated rings. The van der Waals surface area contributed by atoms with E-state index in [2.05, 4.69) is 5.32 Å². The number of ether oxygens (including phenoxy) is 1. The van der Waals surface area contributed by atoms with Crippen molar-refractivity contribution in [2.75, 3.05) is 13.1 Å². The number of hydrogen-bond donors (Lipinski definition) is 3. The Bertz CT molecular complexity index is 644. The molecule has 1 amide bonds. The van der Waals surface area contributed by atoms with Crippen molar-refractivity contribution in [3.63, 3.8) is 0 Å². The monoisotopic (exact) mass is 355 g/mol. The van der Waals surface area contributed by atoms with Crippen molar-refractivity contribution in [2.24, 2.45) is 11.5 Å². The summed E-state index contributed by atoms with van der Waals surface area (Å²) in [5.74, 6) is 0.834. The second-order valence-electron chi connectivity index (χ2n) is 6.44. The van der Waals surface area contributed by atoms with Gasteiger partial charge in [0.2, 0.25) is 5.91 Å². The third-order valence-electron chi connectivity index (χ3n) is 4.16. The Hall–Kier alpha value is -2.37. The van der Waals surface area contributed by atoms with E-state index in [1.807, 2.05) is 54.6 Å². The maximum absolute atomic E-state index is 12.0. The van der Waals surface area contributed by atoms with Crippen molar-refractivity contribution in [1.82, 2.24) is 5.32 Å². The average molecular weight is 355 g/mol. The standard InChI is InChI=1S/C21H29N3O2/c22-15-19(23)8-4-5-13-24-21(25)14-17-9-11-20(12-10-17)26-16-18-6-2-1-3-7-18/h1-3,6-7,9-12,19H,4-5,8,13-16,22-23H2,(H,24,25)/t19-/m0/s1. The SMILES string of the molecule is NC[C@@H](N)CCCCNC(=O)Cc1ccc(OCc2ccccc2)cc1. The van der Waals surface area contributed by atoms with Crippen LogP contribution in [0, 0.1) is 0 Å². The molecule has 0 aliphatic rings. The van der Waals surface area contributed by atoms with Gasteiger partial charge in [0.15, 0.2) is 0 Å². The Kier molecular flexibility index (Phi) is 8.66. The summed E-state index contributed by atoms with van der Waals surface area (Å²) in [5.41, 5.74) is 13.3. The number of nitrogens with two attached hydrogens (primary N) is 2. The first-order valence-electron chi connectivity index (χ1n) is 9.15.